The van der Waals surface area contributed by atoms with Gasteiger partial charge in [-0.25, -0.2) is 0 Å². The van der Waals surface area contributed by atoms with Crippen LogP contribution in [0.1, 0.15) is 21.5 Å². The average molecular weight is 309 g/mol. The summed E-state index contributed by atoms with van der Waals surface area (Å²) < 4.78 is 0. The van der Waals surface area contributed by atoms with Gasteiger partial charge >= 0.3 is 0 Å². The monoisotopic (exact) mass is 309 g/mol. The van der Waals surface area contributed by atoms with Crippen molar-refractivity contribution in [2.75, 3.05) is 0 Å². The molecule has 0 radical (unpaired) electrons. The summed E-state index contributed by atoms with van der Waals surface area (Å²) in [4.78, 5) is 14.9. The van der Waals surface area contributed by atoms with Gasteiger partial charge in [0.05, 0.1) is 5.52 Å². The Hall–Kier alpha value is -3.15. The number of azo groups is 1. The van der Waals surface area contributed by atoms with Crippen LogP contribution in [-0.4, -0.2) is 21.1 Å². The molecule has 23 heavy (non-hydrogen) atoms. The molecule has 116 valence electrons. The molecule has 0 aliphatic heterocycles. The predicted octanol–water partition coefficient (Wildman–Crippen LogP) is 4.12. The Morgan fingerprint density at radius 2 is 1.74 bits per heavy atom. The number of hydrogen-bond donors (Lipinski definition) is 3. The maximum Gasteiger partial charge on any atom is 0.295 e. The van der Waals surface area contributed by atoms with E-state index in [0.29, 0.717) is 10.9 Å². The molecule has 1 heterocycles. The lowest BCUT2D eigenvalue weighted by Gasteiger charge is -2.00. The smallest absolute Gasteiger partial charge is 0.295 e. The molecule has 0 fully saturated rings. The fraction of sp³-hybridized carbons (Fsp3) is 0.118. The van der Waals surface area contributed by atoms with Crippen molar-refractivity contribution in [2.45, 2.75) is 13.8 Å². The number of phenols is 1. The first kappa shape index (κ1) is 14.8. The van der Waals surface area contributed by atoms with Crippen molar-refractivity contribution in [3.05, 3.63) is 53.1 Å². The van der Waals surface area contributed by atoms with E-state index in [1.807, 2.05) is 26.0 Å². The lowest BCUT2D eigenvalue weighted by Crippen LogP contribution is -1.92. The molecule has 0 bridgehead atoms. The average Bonchev–Trinajstić information content (AvgIpc) is 2.86. The molecule has 3 rings (SSSR count). The number of hydrogen-bond acceptors (Lipinski definition) is 4. The third-order valence-corrected chi connectivity index (χ3v) is 3.81. The second-order valence-electron chi connectivity index (χ2n) is 5.30. The summed E-state index contributed by atoms with van der Waals surface area (Å²) in [6, 6.07) is 9.47. The third-order valence-electron chi connectivity index (χ3n) is 3.81. The van der Waals surface area contributed by atoms with E-state index >= 15 is 0 Å². The minimum absolute atomic E-state index is 0.0682. The Balaban J connectivity index is 1.98. The first-order valence-electron chi connectivity index (χ1n) is 7.03. The Bertz CT molecular complexity index is 924. The molecule has 1 aromatic heterocycles. The molecule has 6 heteroatoms. The maximum atomic E-state index is 12.0. The van der Waals surface area contributed by atoms with Crippen LogP contribution in [0.25, 0.3) is 10.9 Å². The van der Waals surface area contributed by atoms with Gasteiger partial charge < -0.3 is 15.2 Å². The molecule has 0 saturated carbocycles. The van der Waals surface area contributed by atoms with E-state index in [0.717, 1.165) is 16.6 Å². The minimum atomic E-state index is -0.553. The highest BCUT2D eigenvalue weighted by Gasteiger charge is 2.13. The number of aromatic hydroxyl groups is 2. The SMILES string of the molecule is Cc1ccc2c(N=NC(=O)c3ccc(O)cc3)c(O)[nH]c2c1C. The van der Waals surface area contributed by atoms with Crippen LogP contribution in [0.3, 0.4) is 0 Å². The topological polar surface area (TPSA) is 98.0 Å². The van der Waals surface area contributed by atoms with Crippen molar-refractivity contribution in [3.8, 4) is 11.6 Å². The van der Waals surface area contributed by atoms with Gasteiger partial charge in [0, 0.05) is 10.9 Å². The number of aromatic amines is 1. The summed E-state index contributed by atoms with van der Waals surface area (Å²) in [7, 11) is 0. The Labute approximate surface area is 132 Å². The van der Waals surface area contributed by atoms with E-state index in [1.54, 1.807) is 0 Å². The van der Waals surface area contributed by atoms with Crippen molar-refractivity contribution in [1.82, 2.24) is 4.98 Å². The standard InChI is InChI=1S/C17H15N3O3/c1-9-3-8-13-14(10(9)2)18-17(23)15(13)19-20-16(22)11-4-6-12(21)7-5-11/h3-8,18,21,23H,1-2H3. The maximum absolute atomic E-state index is 12.0. The normalized spacial score (nSPS) is 11.4. The van der Waals surface area contributed by atoms with Gasteiger partial charge in [0.1, 0.15) is 5.75 Å². The summed E-state index contributed by atoms with van der Waals surface area (Å²) in [6.07, 6.45) is 0. The van der Waals surface area contributed by atoms with E-state index in [4.69, 9.17) is 0 Å². The second kappa shape index (κ2) is 5.57. The number of nitrogens with one attached hydrogen (secondary N) is 1. The van der Waals surface area contributed by atoms with Crippen LogP contribution in [0.15, 0.2) is 46.6 Å². The summed E-state index contributed by atoms with van der Waals surface area (Å²) in [6.45, 7) is 3.92. The second-order valence-corrected chi connectivity index (χ2v) is 5.30. The van der Waals surface area contributed by atoms with Crippen molar-refractivity contribution >= 4 is 22.5 Å². The van der Waals surface area contributed by atoms with E-state index in [-0.39, 0.29) is 17.3 Å². The van der Waals surface area contributed by atoms with Gasteiger partial charge in [0.25, 0.3) is 5.91 Å². The molecule has 3 aromatic rings. The molecular weight excluding hydrogens is 294 g/mol. The van der Waals surface area contributed by atoms with Gasteiger partial charge in [-0.3, -0.25) is 4.79 Å². The summed E-state index contributed by atoms with van der Waals surface area (Å²) in [5.74, 6) is -0.614. The highest BCUT2D eigenvalue weighted by Crippen LogP contribution is 2.37. The summed E-state index contributed by atoms with van der Waals surface area (Å²) in [5.41, 5.74) is 3.40. The van der Waals surface area contributed by atoms with Crippen LogP contribution in [0.4, 0.5) is 5.69 Å². The zero-order valence-electron chi connectivity index (χ0n) is 12.7. The van der Waals surface area contributed by atoms with Crippen LogP contribution >= 0.6 is 0 Å². The highest BCUT2D eigenvalue weighted by molar-refractivity contribution is 5.98. The lowest BCUT2D eigenvalue weighted by molar-refractivity contribution is 0.0995. The van der Waals surface area contributed by atoms with E-state index in [2.05, 4.69) is 15.2 Å². The number of aryl methyl sites for hydroxylation is 2. The zero-order chi connectivity index (χ0) is 16.6. The van der Waals surface area contributed by atoms with Gasteiger partial charge in [-0.2, -0.15) is 0 Å². The van der Waals surface area contributed by atoms with Crippen LogP contribution < -0.4 is 0 Å². The molecule has 0 unspecified atom stereocenters. The number of aromatic nitrogens is 1. The Kier molecular flexibility index (Phi) is 3.57. The highest BCUT2D eigenvalue weighted by atomic mass is 16.3. The van der Waals surface area contributed by atoms with Gasteiger partial charge in [0.15, 0.2) is 5.69 Å². The van der Waals surface area contributed by atoms with Crippen molar-refractivity contribution in [2.24, 2.45) is 10.2 Å². The largest absolute Gasteiger partial charge is 0.508 e. The number of benzene rings is 2. The van der Waals surface area contributed by atoms with E-state index in [1.165, 1.54) is 24.3 Å². The molecule has 2 aromatic carbocycles. The van der Waals surface area contributed by atoms with Gasteiger partial charge in [-0.1, -0.05) is 12.1 Å². The number of carbonyl (C=O) groups excluding carboxylic acids is 1. The molecule has 0 aliphatic rings. The first-order chi connectivity index (χ1) is 11.0. The van der Waals surface area contributed by atoms with Gasteiger partial charge in [0.2, 0.25) is 5.88 Å². The first-order valence-corrected chi connectivity index (χ1v) is 7.03. The minimum Gasteiger partial charge on any atom is -0.508 e. The molecule has 0 saturated heterocycles. The number of H-pyrrole nitrogens is 1. The Morgan fingerprint density at radius 3 is 2.43 bits per heavy atom. The van der Waals surface area contributed by atoms with Gasteiger partial charge in [-0.05, 0) is 49.2 Å². The number of fused-ring (bicyclic) bond motifs is 1. The van der Waals surface area contributed by atoms with Crippen LogP contribution in [0.2, 0.25) is 0 Å². The number of amides is 1. The molecule has 6 nitrogen and oxygen atoms in total. The number of rotatable bonds is 2. The molecule has 0 atom stereocenters. The molecule has 0 spiro atoms. The van der Waals surface area contributed by atoms with Crippen LogP contribution in [0, 0.1) is 13.8 Å². The number of nitrogens with zero attached hydrogens (tertiary/aromatic N) is 2. The zero-order valence-corrected chi connectivity index (χ0v) is 12.7. The third kappa shape index (κ3) is 2.66. The molecular formula is C17H15N3O3. The lowest BCUT2D eigenvalue weighted by atomic mass is 10.1. The van der Waals surface area contributed by atoms with E-state index < -0.39 is 5.91 Å². The number of phenolic OH excluding ortho intramolecular Hbond substituents is 1. The fourth-order valence-corrected chi connectivity index (χ4v) is 2.34. The molecule has 0 aliphatic carbocycles. The molecule has 3 N–H and O–H groups in total. The molecule has 1 amide bonds. The number of carbonyl (C=O) groups is 1. The van der Waals surface area contributed by atoms with E-state index in [9.17, 15) is 15.0 Å². The summed E-state index contributed by atoms with van der Waals surface area (Å²) in [5, 5.41) is 27.5. The Morgan fingerprint density at radius 1 is 1.04 bits per heavy atom. The van der Waals surface area contributed by atoms with Crippen molar-refractivity contribution in [3.63, 3.8) is 0 Å². The quantitative estimate of drug-likeness (QED) is 0.621. The van der Waals surface area contributed by atoms with Crippen molar-refractivity contribution < 1.29 is 15.0 Å². The fourth-order valence-electron chi connectivity index (χ4n) is 2.34. The van der Waals surface area contributed by atoms with Gasteiger partial charge in [-0.15, -0.1) is 10.2 Å². The van der Waals surface area contributed by atoms with Crippen molar-refractivity contribution in [1.29, 1.82) is 0 Å². The summed E-state index contributed by atoms with van der Waals surface area (Å²) >= 11 is 0. The van der Waals surface area contributed by atoms with Crippen LogP contribution in [-0.2, 0) is 0 Å². The van der Waals surface area contributed by atoms with Crippen LogP contribution in [0.5, 0.6) is 11.6 Å². The predicted molar refractivity (Wildman–Crippen MR) is 86.4 cm³/mol.